The van der Waals surface area contributed by atoms with Gasteiger partial charge in [-0.15, -0.1) is 0 Å². The lowest BCUT2D eigenvalue weighted by atomic mass is 10.1. The molecule has 8 heteroatoms. The van der Waals surface area contributed by atoms with Crippen LogP contribution in [0.1, 0.15) is 12.5 Å². The first-order valence-electron chi connectivity index (χ1n) is 10.3. The van der Waals surface area contributed by atoms with Crippen molar-refractivity contribution < 1.29 is 17.9 Å². The molecule has 1 aliphatic rings. The molecule has 2 N–H and O–H groups in total. The summed E-state index contributed by atoms with van der Waals surface area (Å²) in [7, 11) is -3.69. The van der Waals surface area contributed by atoms with Crippen molar-refractivity contribution >= 4 is 10.0 Å². The fraction of sp³-hybridized carbons (Fsp3) is 0.455. The van der Waals surface area contributed by atoms with Crippen molar-refractivity contribution in [2.45, 2.75) is 24.4 Å². The van der Waals surface area contributed by atoms with E-state index in [-0.39, 0.29) is 4.90 Å². The zero-order valence-electron chi connectivity index (χ0n) is 17.4. The van der Waals surface area contributed by atoms with E-state index in [0.717, 1.165) is 45.9 Å². The van der Waals surface area contributed by atoms with Gasteiger partial charge in [0.15, 0.2) is 0 Å². The van der Waals surface area contributed by atoms with Gasteiger partial charge in [-0.05, 0) is 36.8 Å². The van der Waals surface area contributed by atoms with Crippen molar-refractivity contribution in [3.63, 3.8) is 0 Å². The molecular weight excluding hydrogens is 402 g/mol. The lowest BCUT2D eigenvalue weighted by Gasteiger charge is -2.35. The van der Waals surface area contributed by atoms with Gasteiger partial charge in [0.2, 0.25) is 10.0 Å². The summed E-state index contributed by atoms with van der Waals surface area (Å²) >= 11 is 0. The van der Waals surface area contributed by atoms with Crippen LogP contribution >= 0.6 is 0 Å². The van der Waals surface area contributed by atoms with E-state index >= 15 is 0 Å². The minimum absolute atomic E-state index is 0.0830. The summed E-state index contributed by atoms with van der Waals surface area (Å²) < 4.78 is 34.1. The third-order valence-electron chi connectivity index (χ3n) is 5.28. The molecule has 2 aromatic rings. The molecule has 0 aromatic heterocycles. The maximum absolute atomic E-state index is 11.4. The molecule has 1 atom stereocenters. The highest BCUT2D eigenvalue weighted by molar-refractivity contribution is 7.89. The number of morpholine rings is 1. The molecule has 0 saturated carbocycles. The lowest BCUT2D eigenvalue weighted by molar-refractivity contribution is 0.0221. The quantitative estimate of drug-likeness (QED) is 0.616. The first-order chi connectivity index (χ1) is 14.4. The molecule has 0 aliphatic carbocycles. The first-order valence-corrected chi connectivity index (χ1v) is 11.8. The maximum atomic E-state index is 11.4. The number of hydrogen-bond donors (Lipinski definition) is 1. The number of benzene rings is 2. The van der Waals surface area contributed by atoms with Crippen LogP contribution in [0, 0.1) is 0 Å². The Hall–Kier alpha value is -1.97. The van der Waals surface area contributed by atoms with E-state index in [0.29, 0.717) is 18.4 Å². The molecule has 1 saturated heterocycles. The molecule has 0 radical (unpaired) electrons. The van der Waals surface area contributed by atoms with Gasteiger partial charge in [0.05, 0.1) is 18.1 Å². The lowest BCUT2D eigenvalue weighted by Crippen LogP contribution is -2.46. The largest absolute Gasteiger partial charge is 0.492 e. The van der Waals surface area contributed by atoms with Crippen molar-refractivity contribution in [1.29, 1.82) is 0 Å². The van der Waals surface area contributed by atoms with Crippen LogP contribution in [0.25, 0.3) is 0 Å². The van der Waals surface area contributed by atoms with Gasteiger partial charge in [-0.25, -0.2) is 13.6 Å². The van der Waals surface area contributed by atoms with E-state index in [2.05, 4.69) is 41.0 Å². The van der Waals surface area contributed by atoms with Crippen molar-refractivity contribution in [3.05, 3.63) is 60.2 Å². The zero-order valence-corrected chi connectivity index (χ0v) is 18.3. The average molecular weight is 434 g/mol. The summed E-state index contributed by atoms with van der Waals surface area (Å²) in [6, 6.07) is 17.0. The van der Waals surface area contributed by atoms with E-state index in [1.54, 1.807) is 12.1 Å². The van der Waals surface area contributed by atoms with Crippen molar-refractivity contribution in [2.75, 3.05) is 46.0 Å². The van der Waals surface area contributed by atoms with Crippen molar-refractivity contribution in [2.24, 2.45) is 5.14 Å². The number of nitrogens with zero attached hydrogens (tertiary/aromatic N) is 2. The van der Waals surface area contributed by atoms with Gasteiger partial charge < -0.3 is 9.47 Å². The summed E-state index contributed by atoms with van der Waals surface area (Å²) in [5.41, 5.74) is 1.27. The molecule has 30 heavy (non-hydrogen) atoms. The monoisotopic (exact) mass is 433 g/mol. The third kappa shape index (κ3) is 7.07. The predicted molar refractivity (Wildman–Crippen MR) is 117 cm³/mol. The predicted octanol–water partition coefficient (Wildman–Crippen LogP) is 1.94. The summed E-state index contributed by atoms with van der Waals surface area (Å²) in [5, 5.41) is 5.14. The molecule has 2 aromatic carbocycles. The van der Waals surface area contributed by atoms with Crippen LogP contribution in [-0.2, 0) is 21.3 Å². The van der Waals surface area contributed by atoms with Gasteiger partial charge in [0.1, 0.15) is 12.4 Å². The molecule has 1 unspecified atom stereocenters. The van der Waals surface area contributed by atoms with Crippen molar-refractivity contribution in [1.82, 2.24) is 9.80 Å². The number of primary sulfonamides is 1. The highest BCUT2D eigenvalue weighted by atomic mass is 32.2. The Morgan fingerprint density at radius 3 is 2.40 bits per heavy atom. The van der Waals surface area contributed by atoms with Gasteiger partial charge in [-0.3, -0.25) is 9.80 Å². The van der Waals surface area contributed by atoms with Gasteiger partial charge in [0.25, 0.3) is 0 Å². The summed E-state index contributed by atoms with van der Waals surface area (Å²) in [6.07, 6.45) is 0. The van der Waals surface area contributed by atoms with Gasteiger partial charge in [0, 0.05) is 38.8 Å². The standard InChI is InChI=1S/C22H31N3O4S/c1-19(17-24-11-14-28-15-12-24)25(18-20-5-3-2-4-6-20)13-16-29-21-7-9-22(10-8-21)30(23,26)27/h2-10,19H,11-18H2,1H3,(H2,23,26,27). The minimum atomic E-state index is -3.69. The molecular formula is C22H31N3O4S. The number of sulfonamides is 1. The second kappa shape index (κ2) is 10.9. The van der Waals surface area contributed by atoms with Gasteiger partial charge in [-0.2, -0.15) is 0 Å². The Labute approximate surface area is 179 Å². The van der Waals surface area contributed by atoms with E-state index in [4.69, 9.17) is 14.6 Å². The maximum Gasteiger partial charge on any atom is 0.238 e. The second-order valence-electron chi connectivity index (χ2n) is 7.58. The summed E-state index contributed by atoms with van der Waals surface area (Å²) in [5.74, 6) is 0.628. The first kappa shape index (κ1) is 22.7. The second-order valence-corrected chi connectivity index (χ2v) is 9.14. The number of hydrogen-bond acceptors (Lipinski definition) is 6. The number of nitrogens with two attached hydrogens (primary N) is 1. The van der Waals surface area contributed by atoms with Crippen LogP contribution < -0.4 is 9.88 Å². The Morgan fingerprint density at radius 1 is 1.10 bits per heavy atom. The Bertz CT molecular complexity index is 869. The normalized spacial score (nSPS) is 16.5. The SMILES string of the molecule is CC(CN1CCOCC1)N(CCOc1ccc(S(N)(=O)=O)cc1)Cc1ccccc1. The molecule has 1 aliphatic heterocycles. The highest BCUT2D eigenvalue weighted by Gasteiger charge is 2.19. The molecule has 0 spiro atoms. The fourth-order valence-corrected chi connectivity index (χ4v) is 4.07. The zero-order chi connectivity index (χ0) is 21.4. The minimum Gasteiger partial charge on any atom is -0.492 e. The Kier molecular flexibility index (Phi) is 8.24. The molecule has 3 rings (SSSR count). The summed E-state index contributed by atoms with van der Waals surface area (Å²) in [4.78, 5) is 4.95. The van der Waals surface area contributed by atoms with Crippen LogP contribution in [0.15, 0.2) is 59.5 Å². The van der Waals surface area contributed by atoms with Crippen molar-refractivity contribution in [3.8, 4) is 5.75 Å². The molecule has 7 nitrogen and oxygen atoms in total. The van der Waals surface area contributed by atoms with Crippen LogP contribution in [0.2, 0.25) is 0 Å². The molecule has 1 heterocycles. The van der Waals surface area contributed by atoms with Gasteiger partial charge in [-0.1, -0.05) is 30.3 Å². The molecule has 0 bridgehead atoms. The Morgan fingerprint density at radius 2 is 1.77 bits per heavy atom. The Balaban J connectivity index is 1.58. The van der Waals surface area contributed by atoms with Crippen LogP contribution in [0.3, 0.4) is 0 Å². The highest BCUT2D eigenvalue weighted by Crippen LogP contribution is 2.16. The van der Waals surface area contributed by atoms with E-state index in [9.17, 15) is 8.42 Å². The van der Waals surface area contributed by atoms with Crippen LogP contribution in [0.5, 0.6) is 5.75 Å². The molecule has 0 amide bonds. The van der Waals surface area contributed by atoms with E-state index < -0.39 is 10.0 Å². The van der Waals surface area contributed by atoms with Crippen LogP contribution in [0.4, 0.5) is 0 Å². The number of rotatable bonds is 10. The van der Waals surface area contributed by atoms with Gasteiger partial charge >= 0.3 is 0 Å². The van der Waals surface area contributed by atoms with E-state index in [1.165, 1.54) is 17.7 Å². The van der Waals surface area contributed by atoms with E-state index in [1.807, 2.05) is 6.07 Å². The fourth-order valence-electron chi connectivity index (χ4n) is 3.55. The third-order valence-corrected chi connectivity index (χ3v) is 6.21. The summed E-state index contributed by atoms with van der Waals surface area (Å²) in [6.45, 7) is 8.88. The molecule has 1 fully saturated rings. The molecule has 164 valence electrons. The smallest absolute Gasteiger partial charge is 0.238 e. The van der Waals surface area contributed by atoms with Crippen LogP contribution in [-0.4, -0.2) is 70.3 Å². The number of ether oxygens (including phenoxy) is 2. The topological polar surface area (TPSA) is 85.1 Å². The average Bonchev–Trinajstić information content (AvgIpc) is 2.74.